The summed E-state index contributed by atoms with van der Waals surface area (Å²) in [5, 5.41) is 5.80. The standard InChI is InChI=1S/C12H18N2O/c1-4-12(15)14-10-8-6-5-7-9-13-11(2)3/h11,13H,4,9-10H2,1-3H3,(H,14,15). The van der Waals surface area contributed by atoms with Gasteiger partial charge in [-0.25, -0.2) is 0 Å². The molecule has 82 valence electrons. The van der Waals surface area contributed by atoms with Crippen LogP contribution < -0.4 is 10.6 Å². The summed E-state index contributed by atoms with van der Waals surface area (Å²) in [6, 6.07) is 0.441. The average molecular weight is 206 g/mol. The Kier molecular flexibility index (Phi) is 8.24. The Bertz CT molecular complexity index is 299. The lowest BCUT2D eigenvalue weighted by Gasteiger charge is -2.00. The minimum Gasteiger partial charge on any atom is -0.345 e. The lowest BCUT2D eigenvalue weighted by atomic mass is 10.4. The van der Waals surface area contributed by atoms with Crippen molar-refractivity contribution in [2.45, 2.75) is 33.2 Å². The molecule has 0 bridgehead atoms. The van der Waals surface area contributed by atoms with Crippen molar-refractivity contribution in [2.24, 2.45) is 0 Å². The fraction of sp³-hybridized carbons (Fsp3) is 0.583. The first-order chi connectivity index (χ1) is 7.16. The maximum Gasteiger partial charge on any atom is 0.220 e. The van der Waals surface area contributed by atoms with Gasteiger partial charge in [-0.05, 0) is 25.7 Å². The second kappa shape index (κ2) is 9.12. The number of rotatable bonds is 4. The zero-order valence-corrected chi connectivity index (χ0v) is 9.61. The minimum absolute atomic E-state index is 0.0127. The molecule has 0 unspecified atom stereocenters. The van der Waals surface area contributed by atoms with E-state index in [0.29, 0.717) is 25.6 Å². The second-order valence-corrected chi connectivity index (χ2v) is 3.27. The molecule has 3 nitrogen and oxygen atoms in total. The smallest absolute Gasteiger partial charge is 0.220 e. The number of amides is 1. The van der Waals surface area contributed by atoms with Crippen molar-refractivity contribution in [1.82, 2.24) is 10.6 Å². The van der Waals surface area contributed by atoms with E-state index in [1.54, 1.807) is 6.92 Å². The van der Waals surface area contributed by atoms with E-state index < -0.39 is 0 Å². The minimum atomic E-state index is 0.0127. The first-order valence-corrected chi connectivity index (χ1v) is 5.12. The summed E-state index contributed by atoms with van der Waals surface area (Å²) >= 11 is 0. The van der Waals surface area contributed by atoms with E-state index in [4.69, 9.17) is 0 Å². The van der Waals surface area contributed by atoms with Gasteiger partial charge in [-0.2, -0.15) is 0 Å². The maximum absolute atomic E-state index is 10.8. The molecule has 0 fully saturated rings. The molecular formula is C12H18N2O. The van der Waals surface area contributed by atoms with Crippen molar-refractivity contribution in [2.75, 3.05) is 13.1 Å². The summed E-state index contributed by atoms with van der Waals surface area (Å²) in [6.07, 6.45) is 0.492. The highest BCUT2D eigenvalue weighted by atomic mass is 16.1. The van der Waals surface area contributed by atoms with Crippen LogP contribution in [0.15, 0.2) is 0 Å². The predicted molar refractivity (Wildman–Crippen MR) is 62.0 cm³/mol. The molecule has 0 rings (SSSR count). The van der Waals surface area contributed by atoms with E-state index >= 15 is 0 Å². The van der Waals surface area contributed by atoms with Gasteiger partial charge in [-0.3, -0.25) is 4.79 Å². The zero-order valence-electron chi connectivity index (χ0n) is 9.61. The largest absolute Gasteiger partial charge is 0.345 e. The van der Waals surface area contributed by atoms with Crippen LogP contribution in [0.2, 0.25) is 0 Å². The maximum atomic E-state index is 10.8. The summed E-state index contributed by atoms with van der Waals surface area (Å²) in [4.78, 5) is 10.8. The molecule has 0 saturated heterocycles. The van der Waals surface area contributed by atoms with Crippen LogP contribution in [0.3, 0.4) is 0 Å². The predicted octanol–water partition coefficient (Wildman–Crippen LogP) is 0.517. The lowest BCUT2D eigenvalue weighted by molar-refractivity contribution is -0.120. The summed E-state index contributed by atoms with van der Waals surface area (Å²) in [6.45, 7) is 6.95. The number of hydrogen-bond acceptors (Lipinski definition) is 2. The van der Waals surface area contributed by atoms with E-state index in [1.807, 2.05) is 0 Å². The molecule has 0 aromatic heterocycles. The molecule has 3 heteroatoms. The molecule has 0 aliphatic carbocycles. The van der Waals surface area contributed by atoms with Crippen LogP contribution in [0.25, 0.3) is 0 Å². The Morgan fingerprint density at radius 1 is 1.20 bits per heavy atom. The molecular weight excluding hydrogens is 188 g/mol. The number of carbonyl (C=O) groups is 1. The molecule has 0 radical (unpaired) electrons. The van der Waals surface area contributed by atoms with E-state index in [-0.39, 0.29) is 5.91 Å². The normalized spacial score (nSPS) is 8.53. The summed E-state index contributed by atoms with van der Waals surface area (Å²) in [5.41, 5.74) is 0. The van der Waals surface area contributed by atoms with E-state index in [0.717, 1.165) is 0 Å². The highest BCUT2D eigenvalue weighted by molar-refractivity contribution is 5.75. The van der Waals surface area contributed by atoms with Crippen LogP contribution in [-0.2, 0) is 4.79 Å². The number of carbonyl (C=O) groups excluding carboxylic acids is 1. The van der Waals surface area contributed by atoms with Gasteiger partial charge in [0, 0.05) is 12.5 Å². The van der Waals surface area contributed by atoms with Gasteiger partial charge in [0.2, 0.25) is 5.91 Å². The third-order valence-electron chi connectivity index (χ3n) is 1.53. The molecule has 0 aliphatic heterocycles. The molecule has 0 aromatic carbocycles. The van der Waals surface area contributed by atoms with Crippen molar-refractivity contribution in [3.8, 4) is 23.7 Å². The molecule has 0 aliphatic rings. The molecule has 0 spiro atoms. The average Bonchev–Trinajstić information content (AvgIpc) is 2.21. The monoisotopic (exact) mass is 206 g/mol. The molecule has 1 amide bonds. The highest BCUT2D eigenvalue weighted by Gasteiger charge is 1.90. The summed E-state index contributed by atoms with van der Waals surface area (Å²) in [5.74, 6) is 11.0. The molecule has 2 N–H and O–H groups in total. The Hall–Kier alpha value is -1.45. The van der Waals surface area contributed by atoms with E-state index in [2.05, 4.69) is 48.2 Å². The quantitative estimate of drug-likeness (QED) is 0.658. The fourth-order valence-corrected chi connectivity index (χ4v) is 0.700. The van der Waals surface area contributed by atoms with Crippen LogP contribution in [0, 0.1) is 23.7 Å². The van der Waals surface area contributed by atoms with Gasteiger partial charge in [0.15, 0.2) is 0 Å². The second-order valence-electron chi connectivity index (χ2n) is 3.27. The van der Waals surface area contributed by atoms with Crippen LogP contribution in [0.5, 0.6) is 0 Å². The fourth-order valence-electron chi connectivity index (χ4n) is 0.700. The molecule has 15 heavy (non-hydrogen) atoms. The van der Waals surface area contributed by atoms with Crippen molar-refractivity contribution in [3.05, 3.63) is 0 Å². The Morgan fingerprint density at radius 2 is 1.80 bits per heavy atom. The summed E-state index contributed by atoms with van der Waals surface area (Å²) in [7, 11) is 0. The van der Waals surface area contributed by atoms with Crippen LogP contribution >= 0.6 is 0 Å². The summed E-state index contributed by atoms with van der Waals surface area (Å²) < 4.78 is 0. The Labute approximate surface area is 92.0 Å². The molecule has 0 aromatic rings. The molecule has 0 heterocycles. The van der Waals surface area contributed by atoms with Gasteiger partial charge in [0.25, 0.3) is 0 Å². The number of nitrogens with one attached hydrogen (secondary N) is 2. The Morgan fingerprint density at radius 3 is 2.33 bits per heavy atom. The van der Waals surface area contributed by atoms with Crippen LogP contribution in [0.4, 0.5) is 0 Å². The lowest BCUT2D eigenvalue weighted by Crippen LogP contribution is -2.22. The van der Waals surface area contributed by atoms with Crippen molar-refractivity contribution >= 4 is 5.91 Å². The van der Waals surface area contributed by atoms with E-state index in [9.17, 15) is 4.79 Å². The van der Waals surface area contributed by atoms with Crippen LogP contribution in [-0.4, -0.2) is 25.0 Å². The van der Waals surface area contributed by atoms with Gasteiger partial charge in [-0.1, -0.05) is 18.8 Å². The van der Waals surface area contributed by atoms with Crippen LogP contribution in [0.1, 0.15) is 27.2 Å². The van der Waals surface area contributed by atoms with Gasteiger partial charge in [0.1, 0.15) is 0 Å². The zero-order chi connectivity index (χ0) is 11.5. The third kappa shape index (κ3) is 10.5. The first kappa shape index (κ1) is 13.5. The first-order valence-electron chi connectivity index (χ1n) is 5.12. The third-order valence-corrected chi connectivity index (χ3v) is 1.53. The van der Waals surface area contributed by atoms with Gasteiger partial charge >= 0.3 is 0 Å². The highest BCUT2D eigenvalue weighted by Crippen LogP contribution is 1.73. The van der Waals surface area contributed by atoms with Gasteiger partial charge in [-0.15, -0.1) is 0 Å². The molecule has 0 atom stereocenters. The Balaban J connectivity index is 3.57. The number of hydrogen-bond donors (Lipinski definition) is 2. The van der Waals surface area contributed by atoms with Gasteiger partial charge in [0.05, 0.1) is 13.1 Å². The van der Waals surface area contributed by atoms with Crippen molar-refractivity contribution in [3.63, 3.8) is 0 Å². The SMILES string of the molecule is CCC(=O)NCC#CC#CCNC(C)C. The van der Waals surface area contributed by atoms with Crippen molar-refractivity contribution < 1.29 is 4.79 Å². The van der Waals surface area contributed by atoms with E-state index in [1.165, 1.54) is 0 Å². The molecule has 0 saturated carbocycles. The van der Waals surface area contributed by atoms with Gasteiger partial charge < -0.3 is 10.6 Å². The van der Waals surface area contributed by atoms with Crippen molar-refractivity contribution in [1.29, 1.82) is 0 Å². The topological polar surface area (TPSA) is 41.1 Å².